The molecule has 2 aromatic heterocycles. The molecule has 2 N–H and O–H groups in total. The van der Waals surface area contributed by atoms with Crippen LogP contribution in [0.25, 0.3) is 0 Å². The summed E-state index contributed by atoms with van der Waals surface area (Å²) < 4.78 is 0. The lowest BCUT2D eigenvalue weighted by molar-refractivity contribution is 1.16. The van der Waals surface area contributed by atoms with Crippen molar-refractivity contribution >= 4 is 29.1 Å². The predicted molar refractivity (Wildman–Crippen MR) is 64.1 cm³/mol. The highest BCUT2D eigenvalue weighted by atomic mass is 35.5. The molecular formula is C10H10ClN5. The second kappa shape index (κ2) is 4.76. The molecule has 0 unspecified atom stereocenters. The Labute approximate surface area is 97.9 Å². The number of anilines is 3. The van der Waals surface area contributed by atoms with E-state index in [0.717, 1.165) is 11.5 Å². The fourth-order valence-electron chi connectivity index (χ4n) is 1.12. The van der Waals surface area contributed by atoms with Crippen molar-refractivity contribution in [2.75, 3.05) is 17.7 Å². The van der Waals surface area contributed by atoms with Gasteiger partial charge in [0.05, 0.1) is 29.3 Å². The van der Waals surface area contributed by atoms with E-state index in [1.165, 1.54) is 12.4 Å². The van der Waals surface area contributed by atoms with Gasteiger partial charge in [-0.25, -0.2) is 15.0 Å². The Bertz CT molecular complexity index is 454. The summed E-state index contributed by atoms with van der Waals surface area (Å²) in [5.74, 6) is 1.30. The molecule has 0 bridgehead atoms. The minimum absolute atomic E-state index is 0.489. The Balaban J connectivity index is 2.11. The second-order valence-electron chi connectivity index (χ2n) is 3.03. The standard InChI is InChI=1S/C10H10ClN5/c1-12-9-3-2-8(6-13-9)16-10-14-4-7(11)5-15-10/h2-6H,1H3,(H,12,13)(H,14,15,16). The first-order valence-electron chi connectivity index (χ1n) is 4.66. The normalized spacial score (nSPS) is 9.88. The highest BCUT2D eigenvalue weighted by Crippen LogP contribution is 2.14. The molecule has 82 valence electrons. The van der Waals surface area contributed by atoms with Crippen LogP contribution in [-0.4, -0.2) is 22.0 Å². The summed E-state index contributed by atoms with van der Waals surface area (Å²) in [6.45, 7) is 0. The first-order valence-corrected chi connectivity index (χ1v) is 5.04. The van der Waals surface area contributed by atoms with E-state index in [4.69, 9.17) is 11.6 Å². The molecule has 6 heteroatoms. The first-order chi connectivity index (χ1) is 7.78. The fourth-order valence-corrected chi connectivity index (χ4v) is 1.22. The molecule has 0 spiro atoms. The van der Waals surface area contributed by atoms with Gasteiger partial charge in [0.2, 0.25) is 5.95 Å². The van der Waals surface area contributed by atoms with Crippen LogP contribution in [0.1, 0.15) is 0 Å². The largest absolute Gasteiger partial charge is 0.373 e. The van der Waals surface area contributed by atoms with E-state index in [1.54, 1.807) is 6.20 Å². The van der Waals surface area contributed by atoms with Gasteiger partial charge < -0.3 is 10.6 Å². The summed E-state index contributed by atoms with van der Waals surface area (Å²) in [4.78, 5) is 12.2. The lowest BCUT2D eigenvalue weighted by Crippen LogP contribution is -1.97. The quantitative estimate of drug-likeness (QED) is 0.855. The molecule has 0 saturated heterocycles. The van der Waals surface area contributed by atoms with E-state index in [9.17, 15) is 0 Å². The van der Waals surface area contributed by atoms with Crippen LogP contribution < -0.4 is 10.6 Å². The van der Waals surface area contributed by atoms with Gasteiger partial charge in [-0.3, -0.25) is 0 Å². The van der Waals surface area contributed by atoms with E-state index < -0.39 is 0 Å². The van der Waals surface area contributed by atoms with Gasteiger partial charge in [0, 0.05) is 7.05 Å². The second-order valence-corrected chi connectivity index (χ2v) is 3.47. The zero-order valence-corrected chi connectivity index (χ0v) is 9.36. The Morgan fingerprint density at radius 1 is 1.06 bits per heavy atom. The van der Waals surface area contributed by atoms with Gasteiger partial charge in [0.15, 0.2) is 0 Å². The van der Waals surface area contributed by atoms with Gasteiger partial charge in [0.1, 0.15) is 5.82 Å². The molecule has 16 heavy (non-hydrogen) atoms. The minimum Gasteiger partial charge on any atom is -0.373 e. The molecule has 2 heterocycles. The summed E-state index contributed by atoms with van der Waals surface area (Å²) >= 11 is 5.68. The Hall–Kier alpha value is -1.88. The van der Waals surface area contributed by atoms with E-state index in [1.807, 2.05) is 19.2 Å². The molecule has 0 amide bonds. The number of nitrogens with one attached hydrogen (secondary N) is 2. The molecule has 0 aliphatic heterocycles. The molecule has 2 aromatic rings. The average Bonchev–Trinajstić information content (AvgIpc) is 2.33. The molecule has 0 aliphatic carbocycles. The molecule has 5 nitrogen and oxygen atoms in total. The van der Waals surface area contributed by atoms with Crippen LogP contribution in [0.3, 0.4) is 0 Å². The van der Waals surface area contributed by atoms with Gasteiger partial charge in [0.25, 0.3) is 0 Å². The highest BCUT2D eigenvalue weighted by molar-refractivity contribution is 6.30. The van der Waals surface area contributed by atoms with Crippen LogP contribution in [-0.2, 0) is 0 Å². The number of nitrogens with zero attached hydrogens (tertiary/aromatic N) is 3. The van der Waals surface area contributed by atoms with Crippen molar-refractivity contribution in [1.82, 2.24) is 15.0 Å². The van der Waals surface area contributed by atoms with Crippen LogP contribution in [0.5, 0.6) is 0 Å². The molecule has 0 aromatic carbocycles. The topological polar surface area (TPSA) is 62.7 Å². The highest BCUT2D eigenvalue weighted by Gasteiger charge is 1.98. The zero-order chi connectivity index (χ0) is 11.4. The Morgan fingerprint density at radius 2 is 1.81 bits per heavy atom. The molecule has 0 saturated carbocycles. The molecule has 0 fully saturated rings. The van der Waals surface area contributed by atoms with Crippen molar-refractivity contribution in [3.05, 3.63) is 35.7 Å². The third kappa shape index (κ3) is 2.58. The van der Waals surface area contributed by atoms with E-state index in [2.05, 4.69) is 25.6 Å². The number of halogens is 1. The van der Waals surface area contributed by atoms with Crippen molar-refractivity contribution in [2.24, 2.45) is 0 Å². The van der Waals surface area contributed by atoms with Crippen LogP contribution in [0, 0.1) is 0 Å². The summed E-state index contributed by atoms with van der Waals surface area (Å²) in [5, 5.41) is 6.46. The van der Waals surface area contributed by atoms with Crippen LogP contribution in [0.4, 0.5) is 17.5 Å². The fraction of sp³-hybridized carbons (Fsp3) is 0.100. The number of aromatic nitrogens is 3. The average molecular weight is 236 g/mol. The van der Waals surface area contributed by atoms with E-state index >= 15 is 0 Å². The van der Waals surface area contributed by atoms with Gasteiger partial charge in [-0.15, -0.1) is 0 Å². The maximum absolute atomic E-state index is 5.68. The smallest absolute Gasteiger partial charge is 0.227 e. The molecule has 2 rings (SSSR count). The lowest BCUT2D eigenvalue weighted by atomic mass is 10.4. The van der Waals surface area contributed by atoms with Crippen LogP contribution in [0.15, 0.2) is 30.7 Å². The van der Waals surface area contributed by atoms with Gasteiger partial charge >= 0.3 is 0 Å². The van der Waals surface area contributed by atoms with Gasteiger partial charge in [-0.1, -0.05) is 11.6 Å². The van der Waals surface area contributed by atoms with Crippen molar-refractivity contribution in [3.8, 4) is 0 Å². The molecule has 0 atom stereocenters. The van der Waals surface area contributed by atoms with Crippen molar-refractivity contribution in [1.29, 1.82) is 0 Å². The molecular weight excluding hydrogens is 226 g/mol. The number of rotatable bonds is 3. The summed E-state index contributed by atoms with van der Waals surface area (Å²) in [6, 6.07) is 3.75. The molecule has 0 aliphatic rings. The monoisotopic (exact) mass is 235 g/mol. The van der Waals surface area contributed by atoms with Crippen molar-refractivity contribution < 1.29 is 0 Å². The lowest BCUT2D eigenvalue weighted by Gasteiger charge is -2.04. The third-order valence-corrected chi connectivity index (χ3v) is 2.09. The van der Waals surface area contributed by atoms with Crippen LogP contribution >= 0.6 is 11.6 Å². The van der Waals surface area contributed by atoms with Crippen LogP contribution in [0.2, 0.25) is 5.02 Å². The number of hydrogen-bond acceptors (Lipinski definition) is 5. The van der Waals surface area contributed by atoms with E-state index in [-0.39, 0.29) is 0 Å². The Morgan fingerprint density at radius 3 is 2.38 bits per heavy atom. The van der Waals surface area contributed by atoms with Crippen molar-refractivity contribution in [3.63, 3.8) is 0 Å². The van der Waals surface area contributed by atoms with Crippen molar-refractivity contribution in [2.45, 2.75) is 0 Å². The first kappa shape index (κ1) is 10.6. The third-order valence-electron chi connectivity index (χ3n) is 1.90. The molecule has 0 radical (unpaired) electrons. The Kier molecular flexibility index (Phi) is 3.16. The number of hydrogen-bond donors (Lipinski definition) is 2. The van der Waals surface area contributed by atoms with Gasteiger partial charge in [-0.2, -0.15) is 0 Å². The zero-order valence-electron chi connectivity index (χ0n) is 8.61. The number of pyridine rings is 1. The SMILES string of the molecule is CNc1ccc(Nc2ncc(Cl)cn2)cn1. The summed E-state index contributed by atoms with van der Waals surface area (Å²) in [5.41, 5.74) is 0.821. The maximum Gasteiger partial charge on any atom is 0.227 e. The van der Waals surface area contributed by atoms with Gasteiger partial charge in [-0.05, 0) is 12.1 Å². The summed E-state index contributed by atoms with van der Waals surface area (Å²) in [7, 11) is 1.82. The predicted octanol–water partition coefficient (Wildman–Crippen LogP) is 2.31. The minimum atomic E-state index is 0.489. The maximum atomic E-state index is 5.68. The summed E-state index contributed by atoms with van der Waals surface area (Å²) in [6.07, 6.45) is 4.77. The van der Waals surface area contributed by atoms with E-state index in [0.29, 0.717) is 11.0 Å².